The number of piperidine rings is 1. The maximum Gasteiger partial charge on any atom is 0.261 e. The topological polar surface area (TPSA) is 67.4 Å². The average Bonchev–Trinajstić information content (AvgIpc) is 2.44. The van der Waals surface area contributed by atoms with Crippen LogP contribution >= 0.6 is 0 Å². The summed E-state index contributed by atoms with van der Waals surface area (Å²) in [5.74, 6) is -0.787. The van der Waals surface area contributed by atoms with Gasteiger partial charge in [-0.25, -0.2) is 4.39 Å². The van der Waals surface area contributed by atoms with E-state index in [1.54, 1.807) is 19.1 Å². The van der Waals surface area contributed by atoms with Crippen molar-refractivity contribution in [3.63, 3.8) is 0 Å². The molecule has 0 radical (unpaired) electrons. The standard InChI is InChI=1S/C14H17FN2O3/c1-9(20-12-5-3-2-4-11(12)15)14(19)17-10-6-7-13(18)16-8-10/h2-5,9-10H,6-8H2,1H3,(H,16,18)(H,17,19). The van der Waals surface area contributed by atoms with Crippen molar-refractivity contribution in [2.75, 3.05) is 6.54 Å². The van der Waals surface area contributed by atoms with E-state index in [-0.39, 0.29) is 23.6 Å². The quantitative estimate of drug-likeness (QED) is 0.864. The second-order valence-electron chi connectivity index (χ2n) is 4.74. The van der Waals surface area contributed by atoms with Gasteiger partial charge in [-0.2, -0.15) is 0 Å². The molecule has 2 atom stereocenters. The first-order chi connectivity index (χ1) is 9.56. The molecule has 1 aliphatic rings. The number of carbonyl (C=O) groups is 2. The Labute approximate surface area is 116 Å². The maximum absolute atomic E-state index is 13.4. The Bertz CT molecular complexity index is 497. The highest BCUT2D eigenvalue weighted by Gasteiger charge is 2.23. The van der Waals surface area contributed by atoms with Gasteiger partial charge in [-0.3, -0.25) is 9.59 Å². The third-order valence-electron chi connectivity index (χ3n) is 3.12. The van der Waals surface area contributed by atoms with Gasteiger partial charge in [0.25, 0.3) is 5.91 Å². The third-order valence-corrected chi connectivity index (χ3v) is 3.12. The summed E-state index contributed by atoms with van der Waals surface area (Å²) in [6.45, 7) is 1.97. The van der Waals surface area contributed by atoms with Crippen LogP contribution in [0.25, 0.3) is 0 Å². The van der Waals surface area contributed by atoms with Gasteiger partial charge >= 0.3 is 0 Å². The molecule has 5 nitrogen and oxygen atoms in total. The molecule has 2 amide bonds. The van der Waals surface area contributed by atoms with Crippen LogP contribution in [0.1, 0.15) is 19.8 Å². The molecule has 20 heavy (non-hydrogen) atoms. The lowest BCUT2D eigenvalue weighted by Crippen LogP contribution is -2.50. The molecule has 6 heteroatoms. The molecule has 2 rings (SSSR count). The fourth-order valence-electron chi connectivity index (χ4n) is 1.96. The summed E-state index contributed by atoms with van der Waals surface area (Å²) >= 11 is 0. The lowest BCUT2D eigenvalue weighted by Gasteiger charge is -2.25. The molecular formula is C14H17FN2O3. The number of nitrogens with one attached hydrogen (secondary N) is 2. The summed E-state index contributed by atoms with van der Waals surface area (Å²) in [4.78, 5) is 23.0. The number of benzene rings is 1. The summed E-state index contributed by atoms with van der Waals surface area (Å²) in [5, 5.41) is 5.46. The molecular weight excluding hydrogens is 263 g/mol. The van der Waals surface area contributed by atoms with E-state index in [1.807, 2.05) is 0 Å². The summed E-state index contributed by atoms with van der Waals surface area (Å²) in [6, 6.07) is 5.83. The van der Waals surface area contributed by atoms with E-state index in [2.05, 4.69) is 10.6 Å². The summed E-state index contributed by atoms with van der Waals surface area (Å²) in [6.07, 6.45) is 0.196. The van der Waals surface area contributed by atoms with Crippen molar-refractivity contribution >= 4 is 11.8 Å². The fraction of sp³-hybridized carbons (Fsp3) is 0.429. The number of hydrogen-bond donors (Lipinski definition) is 2. The Hall–Kier alpha value is -2.11. The minimum Gasteiger partial charge on any atom is -0.478 e. The fourth-order valence-corrected chi connectivity index (χ4v) is 1.96. The zero-order valence-electron chi connectivity index (χ0n) is 11.2. The Morgan fingerprint density at radius 1 is 1.50 bits per heavy atom. The van der Waals surface area contributed by atoms with E-state index < -0.39 is 11.9 Å². The van der Waals surface area contributed by atoms with Gasteiger partial charge in [-0.05, 0) is 25.5 Å². The Morgan fingerprint density at radius 2 is 2.25 bits per heavy atom. The van der Waals surface area contributed by atoms with E-state index in [0.29, 0.717) is 19.4 Å². The zero-order valence-corrected chi connectivity index (χ0v) is 11.2. The molecule has 1 fully saturated rings. The van der Waals surface area contributed by atoms with Crippen molar-refractivity contribution in [2.45, 2.75) is 31.9 Å². The first-order valence-corrected chi connectivity index (χ1v) is 6.54. The number of carbonyl (C=O) groups excluding carboxylic acids is 2. The second-order valence-corrected chi connectivity index (χ2v) is 4.74. The number of hydrogen-bond acceptors (Lipinski definition) is 3. The van der Waals surface area contributed by atoms with Crippen LogP contribution in [0.2, 0.25) is 0 Å². The third kappa shape index (κ3) is 3.69. The van der Waals surface area contributed by atoms with Crippen LogP contribution in [-0.4, -0.2) is 30.5 Å². The number of para-hydroxylation sites is 1. The molecule has 0 bridgehead atoms. The maximum atomic E-state index is 13.4. The van der Waals surface area contributed by atoms with Crippen molar-refractivity contribution in [3.05, 3.63) is 30.1 Å². The van der Waals surface area contributed by atoms with E-state index in [1.165, 1.54) is 12.1 Å². The predicted octanol–water partition coefficient (Wildman–Crippen LogP) is 0.988. The van der Waals surface area contributed by atoms with Crippen molar-refractivity contribution in [2.24, 2.45) is 0 Å². The molecule has 1 aromatic carbocycles. The minimum atomic E-state index is -0.801. The number of amides is 2. The lowest BCUT2D eigenvalue weighted by atomic mass is 10.1. The van der Waals surface area contributed by atoms with E-state index in [9.17, 15) is 14.0 Å². The van der Waals surface area contributed by atoms with Crippen molar-refractivity contribution in [1.29, 1.82) is 0 Å². The van der Waals surface area contributed by atoms with E-state index in [0.717, 1.165) is 0 Å². The monoisotopic (exact) mass is 280 g/mol. The summed E-state index contributed by atoms with van der Waals surface area (Å²) in [5.41, 5.74) is 0. The average molecular weight is 280 g/mol. The van der Waals surface area contributed by atoms with Gasteiger partial charge in [0.05, 0.1) is 0 Å². The highest BCUT2D eigenvalue weighted by Crippen LogP contribution is 2.17. The molecule has 2 unspecified atom stereocenters. The molecule has 0 saturated carbocycles. The molecule has 1 saturated heterocycles. The van der Waals surface area contributed by atoms with Crippen molar-refractivity contribution < 1.29 is 18.7 Å². The SMILES string of the molecule is CC(Oc1ccccc1F)C(=O)NC1CCC(=O)NC1. The normalized spacial score (nSPS) is 19.9. The molecule has 1 aromatic rings. The van der Waals surface area contributed by atoms with Crippen LogP contribution in [0.5, 0.6) is 5.75 Å². The van der Waals surface area contributed by atoms with Gasteiger partial charge in [-0.1, -0.05) is 12.1 Å². The number of rotatable bonds is 4. The summed E-state index contributed by atoms with van der Waals surface area (Å²) < 4.78 is 18.7. The predicted molar refractivity (Wildman–Crippen MR) is 70.7 cm³/mol. The van der Waals surface area contributed by atoms with Crippen molar-refractivity contribution in [3.8, 4) is 5.75 Å². The van der Waals surface area contributed by atoms with Gasteiger partial charge in [0.15, 0.2) is 17.7 Å². The van der Waals surface area contributed by atoms with Gasteiger partial charge < -0.3 is 15.4 Å². The van der Waals surface area contributed by atoms with Gasteiger partial charge in [0.1, 0.15) is 0 Å². The van der Waals surface area contributed by atoms with Crippen molar-refractivity contribution in [1.82, 2.24) is 10.6 Å². The highest BCUT2D eigenvalue weighted by molar-refractivity contribution is 5.82. The number of ether oxygens (including phenoxy) is 1. The van der Waals surface area contributed by atoms with E-state index >= 15 is 0 Å². The van der Waals surface area contributed by atoms with Crippen LogP contribution in [0.15, 0.2) is 24.3 Å². The minimum absolute atomic E-state index is 0.00819. The Kier molecular flexibility index (Phi) is 4.55. The largest absolute Gasteiger partial charge is 0.478 e. The number of halogens is 1. The van der Waals surface area contributed by atoms with Crippen LogP contribution in [0.4, 0.5) is 4.39 Å². The molecule has 0 aromatic heterocycles. The van der Waals surface area contributed by atoms with Gasteiger partial charge in [0.2, 0.25) is 5.91 Å². The Morgan fingerprint density at radius 3 is 2.90 bits per heavy atom. The van der Waals surface area contributed by atoms with Crippen LogP contribution < -0.4 is 15.4 Å². The molecule has 1 heterocycles. The van der Waals surface area contributed by atoms with Crippen LogP contribution in [0, 0.1) is 5.82 Å². The molecule has 1 aliphatic heterocycles. The molecule has 108 valence electrons. The van der Waals surface area contributed by atoms with E-state index in [4.69, 9.17) is 4.74 Å². The van der Waals surface area contributed by atoms with Gasteiger partial charge in [0, 0.05) is 19.0 Å². The second kappa shape index (κ2) is 6.36. The molecule has 0 aliphatic carbocycles. The van der Waals surface area contributed by atoms with Crippen LogP contribution in [0.3, 0.4) is 0 Å². The van der Waals surface area contributed by atoms with Gasteiger partial charge in [-0.15, -0.1) is 0 Å². The first-order valence-electron chi connectivity index (χ1n) is 6.54. The summed E-state index contributed by atoms with van der Waals surface area (Å²) in [7, 11) is 0. The first kappa shape index (κ1) is 14.3. The highest BCUT2D eigenvalue weighted by atomic mass is 19.1. The Balaban J connectivity index is 1.86. The smallest absolute Gasteiger partial charge is 0.261 e. The van der Waals surface area contributed by atoms with Crippen LogP contribution in [-0.2, 0) is 9.59 Å². The molecule has 0 spiro atoms. The molecule has 2 N–H and O–H groups in total. The lowest BCUT2D eigenvalue weighted by molar-refractivity contribution is -0.129. The zero-order chi connectivity index (χ0) is 14.5.